The topological polar surface area (TPSA) is 76.6 Å². The molecule has 0 aliphatic carbocycles. The Kier molecular flexibility index (Phi) is 5.86. The summed E-state index contributed by atoms with van der Waals surface area (Å²) >= 11 is 5.40. The van der Waals surface area contributed by atoms with Crippen LogP contribution in [0.2, 0.25) is 0 Å². The second-order valence-corrected chi connectivity index (χ2v) is 2.47. The molecule has 0 amide bonds. The number of aliphatic carboxylic acids is 1. The van der Waals surface area contributed by atoms with Crippen molar-refractivity contribution in [3.8, 4) is 0 Å². The van der Waals surface area contributed by atoms with E-state index in [0.717, 1.165) is 0 Å². The largest absolute Gasteiger partial charge is 0.550 e. The molecule has 9 heavy (non-hydrogen) atoms. The highest BCUT2D eigenvalue weighted by atomic mass is 35.5. The third kappa shape index (κ3) is 4.24. The molecule has 0 bridgehead atoms. The molecule has 0 aromatic rings. The van der Waals surface area contributed by atoms with Gasteiger partial charge in [0.2, 0.25) is 0 Å². The molecule has 0 aromatic heterocycles. The summed E-state index contributed by atoms with van der Waals surface area (Å²) in [6.45, 7) is 3.15. The quantitative estimate of drug-likeness (QED) is 0.582. The zero-order valence-corrected chi connectivity index (χ0v) is 6.61. The molecule has 0 radical (unpaired) electrons. The molecule has 2 unspecified atom stereocenters. The smallest absolute Gasteiger partial charge is 0.0457 e. The number of carboxylic acid groups (broad SMARTS) is 1. The zero-order chi connectivity index (χ0) is 6.73. The summed E-state index contributed by atoms with van der Waals surface area (Å²) in [5, 5.41) is 9.60. The van der Waals surface area contributed by atoms with E-state index in [1.165, 1.54) is 6.92 Å². The van der Waals surface area contributed by atoms with Crippen LogP contribution in [0.15, 0.2) is 0 Å². The Hall–Kier alpha value is -0.280. The lowest BCUT2D eigenvalue weighted by Crippen LogP contribution is -2.33. The van der Waals surface area contributed by atoms with Crippen molar-refractivity contribution in [2.45, 2.75) is 19.2 Å². The first-order valence-corrected chi connectivity index (χ1v) is 2.84. The summed E-state index contributed by atoms with van der Waals surface area (Å²) in [7, 11) is 0. The summed E-state index contributed by atoms with van der Waals surface area (Å²) in [4.78, 5) is 9.95. The van der Waals surface area contributed by atoms with E-state index < -0.39 is 11.9 Å². The van der Waals surface area contributed by atoms with Gasteiger partial charge in [-0.3, -0.25) is 0 Å². The Labute approximate surface area is 59.6 Å². The molecule has 0 spiro atoms. The fourth-order valence-electron chi connectivity index (χ4n) is 0.188. The number of alkyl halides is 1. The van der Waals surface area contributed by atoms with E-state index in [1.807, 2.05) is 0 Å². The van der Waals surface area contributed by atoms with Crippen LogP contribution in [0.1, 0.15) is 13.8 Å². The van der Waals surface area contributed by atoms with Crippen LogP contribution in [0.25, 0.3) is 0 Å². The fraction of sp³-hybridized carbons (Fsp3) is 0.800. The van der Waals surface area contributed by atoms with Gasteiger partial charge in [0, 0.05) is 17.3 Å². The number of halogens is 1. The second-order valence-electron chi connectivity index (χ2n) is 1.79. The standard InChI is InChI=1S/C5H9ClO2.H3N/c1-3(4(2)6)5(7)8;/h3-4H,1-2H3,(H,7,8);1H3. The third-order valence-electron chi connectivity index (χ3n) is 1.06. The highest BCUT2D eigenvalue weighted by Crippen LogP contribution is 2.06. The van der Waals surface area contributed by atoms with Crippen molar-refractivity contribution in [3.05, 3.63) is 0 Å². The third-order valence-corrected chi connectivity index (χ3v) is 1.44. The van der Waals surface area contributed by atoms with Crippen LogP contribution < -0.4 is 11.3 Å². The van der Waals surface area contributed by atoms with Gasteiger partial charge in [-0.15, -0.1) is 11.6 Å². The summed E-state index contributed by atoms with van der Waals surface area (Å²) in [5.41, 5.74) is 0. The molecule has 0 aromatic carbocycles. The molecule has 0 rings (SSSR count). The normalized spacial score (nSPS) is 15.4. The van der Waals surface area contributed by atoms with Crippen LogP contribution in [-0.2, 0) is 4.79 Å². The van der Waals surface area contributed by atoms with Gasteiger partial charge in [-0.2, -0.15) is 0 Å². The number of carbonyl (C=O) groups excluding carboxylic acids is 1. The van der Waals surface area contributed by atoms with Crippen molar-refractivity contribution in [2.24, 2.45) is 5.92 Å². The number of carboxylic acids is 1. The molecular formula is C5H12ClNO2. The van der Waals surface area contributed by atoms with Crippen molar-refractivity contribution in [1.29, 1.82) is 0 Å². The zero-order valence-electron chi connectivity index (χ0n) is 5.85. The van der Waals surface area contributed by atoms with Gasteiger partial charge in [0.15, 0.2) is 0 Å². The van der Waals surface area contributed by atoms with Crippen LogP contribution in [0.5, 0.6) is 0 Å². The molecule has 3 nitrogen and oxygen atoms in total. The van der Waals surface area contributed by atoms with Crippen LogP contribution in [0.3, 0.4) is 0 Å². The van der Waals surface area contributed by atoms with Crippen molar-refractivity contribution in [3.63, 3.8) is 0 Å². The fourth-order valence-corrected chi connectivity index (χ4v) is 0.290. The maximum absolute atomic E-state index is 9.95. The van der Waals surface area contributed by atoms with E-state index in [2.05, 4.69) is 0 Å². The predicted octanol–water partition coefficient (Wildman–Crippen LogP) is 0.376. The van der Waals surface area contributed by atoms with Gasteiger partial charge in [-0.05, 0) is 6.92 Å². The second kappa shape index (κ2) is 4.58. The Morgan fingerprint density at radius 1 is 1.56 bits per heavy atom. The van der Waals surface area contributed by atoms with Gasteiger partial charge < -0.3 is 16.1 Å². The van der Waals surface area contributed by atoms with Crippen molar-refractivity contribution in [2.75, 3.05) is 0 Å². The maximum atomic E-state index is 9.95. The predicted molar refractivity (Wildman–Crippen MR) is 35.5 cm³/mol. The Morgan fingerprint density at radius 3 is 1.89 bits per heavy atom. The van der Waals surface area contributed by atoms with E-state index in [0.29, 0.717) is 0 Å². The molecule has 4 N–H and O–H groups in total. The van der Waals surface area contributed by atoms with Gasteiger partial charge in [0.05, 0.1) is 0 Å². The summed E-state index contributed by atoms with van der Waals surface area (Å²) in [6, 6.07) is 0. The highest BCUT2D eigenvalue weighted by molar-refractivity contribution is 6.21. The Balaban J connectivity index is 0. The number of hydrogen-bond donors (Lipinski definition) is 1. The molecule has 4 heteroatoms. The number of rotatable bonds is 2. The number of hydrogen-bond acceptors (Lipinski definition) is 2. The van der Waals surface area contributed by atoms with E-state index in [4.69, 9.17) is 11.6 Å². The lowest BCUT2D eigenvalue weighted by molar-refractivity contribution is -0.310. The van der Waals surface area contributed by atoms with Gasteiger partial charge in [-0.1, -0.05) is 6.92 Å². The first kappa shape index (κ1) is 11.5. The summed E-state index contributed by atoms with van der Waals surface area (Å²) in [6.07, 6.45) is 0. The maximum Gasteiger partial charge on any atom is 0.0457 e. The average Bonchev–Trinajstić information content (AvgIpc) is 1.64. The minimum absolute atomic E-state index is 0. The molecule has 0 fully saturated rings. The van der Waals surface area contributed by atoms with Crippen molar-refractivity contribution >= 4 is 17.6 Å². The molecule has 0 aliphatic rings. The van der Waals surface area contributed by atoms with Gasteiger partial charge in [0.25, 0.3) is 0 Å². The molecule has 2 atom stereocenters. The van der Waals surface area contributed by atoms with Gasteiger partial charge >= 0.3 is 0 Å². The molecule has 56 valence electrons. The molecule has 0 heterocycles. The van der Waals surface area contributed by atoms with E-state index in [9.17, 15) is 9.90 Å². The minimum Gasteiger partial charge on any atom is -0.550 e. The summed E-state index contributed by atoms with van der Waals surface area (Å²) in [5.74, 6) is -1.65. The lowest BCUT2D eigenvalue weighted by atomic mass is 10.1. The van der Waals surface area contributed by atoms with Crippen LogP contribution in [0, 0.1) is 5.92 Å². The number of carbonyl (C=O) groups is 1. The molecule has 0 saturated heterocycles. The molecule has 0 aliphatic heterocycles. The number of quaternary nitrogens is 1. The Bertz CT molecular complexity index is 95.0. The summed E-state index contributed by atoms with van der Waals surface area (Å²) < 4.78 is 0. The van der Waals surface area contributed by atoms with Crippen molar-refractivity contribution in [1.82, 2.24) is 6.15 Å². The van der Waals surface area contributed by atoms with E-state index in [-0.39, 0.29) is 11.5 Å². The Morgan fingerprint density at radius 2 is 1.89 bits per heavy atom. The molecular weight excluding hydrogens is 142 g/mol. The lowest BCUT2D eigenvalue weighted by Gasteiger charge is -2.13. The van der Waals surface area contributed by atoms with Crippen LogP contribution in [0.4, 0.5) is 0 Å². The van der Waals surface area contributed by atoms with Crippen LogP contribution in [-0.4, -0.2) is 11.3 Å². The average molecular weight is 154 g/mol. The first-order chi connectivity index (χ1) is 3.55. The van der Waals surface area contributed by atoms with E-state index in [1.54, 1.807) is 6.92 Å². The monoisotopic (exact) mass is 153 g/mol. The van der Waals surface area contributed by atoms with E-state index >= 15 is 0 Å². The van der Waals surface area contributed by atoms with Gasteiger partial charge in [-0.25, -0.2) is 0 Å². The van der Waals surface area contributed by atoms with Crippen LogP contribution >= 0.6 is 11.6 Å². The van der Waals surface area contributed by atoms with Crippen molar-refractivity contribution < 1.29 is 9.90 Å². The molecule has 0 saturated carbocycles. The van der Waals surface area contributed by atoms with Gasteiger partial charge in [0.1, 0.15) is 0 Å². The SMILES string of the molecule is CC(Cl)C(C)C(=O)[O-].[NH4+]. The minimum atomic E-state index is -1.09. The first-order valence-electron chi connectivity index (χ1n) is 2.40. The highest BCUT2D eigenvalue weighted by Gasteiger charge is 2.08.